The average Bonchev–Trinajstić information content (AvgIpc) is 2.12. The highest BCUT2D eigenvalue weighted by Gasteiger charge is 2.16. The maximum Gasteiger partial charge on any atom is 0.316 e. The average molecular weight is 304 g/mol. The van der Waals surface area contributed by atoms with Crippen LogP contribution in [0.1, 0.15) is 20.8 Å². The van der Waals surface area contributed by atoms with Crippen molar-refractivity contribution in [3.05, 3.63) is 22.8 Å². The molecule has 0 aliphatic carbocycles. The van der Waals surface area contributed by atoms with Gasteiger partial charge in [-0.15, -0.1) is 0 Å². The van der Waals surface area contributed by atoms with Gasteiger partial charge in [-0.3, -0.25) is 4.79 Å². The van der Waals surface area contributed by atoms with Gasteiger partial charge in [-0.25, -0.2) is 4.98 Å². The maximum absolute atomic E-state index is 11.4. The quantitative estimate of drug-likeness (QED) is 0.488. The van der Waals surface area contributed by atoms with Crippen molar-refractivity contribution in [1.82, 2.24) is 4.98 Å². The lowest BCUT2D eigenvalue weighted by atomic mass is 10.2. The standard InChI is InChI=1S/C11H14BrNO2S/c1-11(2,3)15-10(14)7-16-9-6-4-5-8(12)13-9/h4-6H,7H2,1-3H3. The fourth-order valence-corrected chi connectivity index (χ4v) is 2.10. The summed E-state index contributed by atoms with van der Waals surface area (Å²) in [6.07, 6.45) is 0. The van der Waals surface area contributed by atoms with Crippen LogP contribution in [0.15, 0.2) is 27.8 Å². The van der Waals surface area contributed by atoms with Crippen molar-refractivity contribution in [2.75, 3.05) is 5.75 Å². The minimum atomic E-state index is -0.428. The molecule has 0 aromatic carbocycles. The molecule has 0 N–H and O–H groups in total. The number of ether oxygens (including phenoxy) is 1. The van der Waals surface area contributed by atoms with Crippen molar-refractivity contribution >= 4 is 33.7 Å². The summed E-state index contributed by atoms with van der Waals surface area (Å²) in [4.78, 5) is 15.6. The summed E-state index contributed by atoms with van der Waals surface area (Å²) in [6, 6.07) is 5.59. The second kappa shape index (κ2) is 5.68. The number of aromatic nitrogens is 1. The van der Waals surface area contributed by atoms with E-state index in [0.717, 1.165) is 9.63 Å². The van der Waals surface area contributed by atoms with Gasteiger partial charge in [0, 0.05) is 0 Å². The van der Waals surface area contributed by atoms with Crippen molar-refractivity contribution in [2.24, 2.45) is 0 Å². The van der Waals surface area contributed by atoms with Gasteiger partial charge in [0.05, 0.1) is 10.8 Å². The molecule has 5 heteroatoms. The molecule has 1 rings (SSSR count). The highest BCUT2D eigenvalue weighted by molar-refractivity contribution is 9.10. The first-order valence-corrected chi connectivity index (χ1v) is 6.62. The molecule has 88 valence electrons. The lowest BCUT2D eigenvalue weighted by Gasteiger charge is -2.19. The van der Waals surface area contributed by atoms with Crippen LogP contribution in [0.2, 0.25) is 0 Å². The molecule has 0 radical (unpaired) electrons. The zero-order valence-corrected chi connectivity index (χ0v) is 11.9. The van der Waals surface area contributed by atoms with Crippen molar-refractivity contribution < 1.29 is 9.53 Å². The Labute approximate surface area is 108 Å². The number of thioether (sulfide) groups is 1. The van der Waals surface area contributed by atoms with E-state index in [1.807, 2.05) is 39.0 Å². The van der Waals surface area contributed by atoms with Crippen LogP contribution in [0.25, 0.3) is 0 Å². The molecule has 0 saturated heterocycles. The van der Waals surface area contributed by atoms with Crippen LogP contribution in [-0.2, 0) is 9.53 Å². The predicted molar refractivity (Wildman–Crippen MR) is 68.5 cm³/mol. The first-order valence-electron chi connectivity index (χ1n) is 4.84. The molecular formula is C11H14BrNO2S. The van der Waals surface area contributed by atoms with Crippen LogP contribution in [0.3, 0.4) is 0 Å². The van der Waals surface area contributed by atoms with E-state index in [1.165, 1.54) is 11.8 Å². The Bertz CT molecular complexity index is 376. The molecule has 0 aliphatic heterocycles. The molecule has 0 bridgehead atoms. The van der Waals surface area contributed by atoms with E-state index < -0.39 is 5.60 Å². The fraction of sp³-hybridized carbons (Fsp3) is 0.455. The SMILES string of the molecule is CC(C)(C)OC(=O)CSc1cccc(Br)n1. The summed E-state index contributed by atoms with van der Waals surface area (Å²) in [5.41, 5.74) is -0.428. The lowest BCUT2D eigenvalue weighted by Crippen LogP contribution is -2.24. The molecule has 16 heavy (non-hydrogen) atoms. The summed E-state index contributed by atoms with van der Waals surface area (Å²) >= 11 is 4.65. The normalized spacial score (nSPS) is 11.2. The number of nitrogens with zero attached hydrogens (tertiary/aromatic N) is 1. The third-order valence-corrected chi connectivity index (χ3v) is 2.79. The van der Waals surface area contributed by atoms with Crippen LogP contribution in [0, 0.1) is 0 Å². The van der Waals surface area contributed by atoms with Gasteiger partial charge < -0.3 is 4.74 Å². The molecule has 0 unspecified atom stereocenters. The smallest absolute Gasteiger partial charge is 0.316 e. The zero-order chi connectivity index (χ0) is 12.2. The molecule has 1 aromatic rings. The largest absolute Gasteiger partial charge is 0.459 e. The summed E-state index contributed by atoms with van der Waals surface area (Å²) in [7, 11) is 0. The van der Waals surface area contributed by atoms with Crippen LogP contribution in [0.4, 0.5) is 0 Å². The number of carbonyl (C=O) groups is 1. The van der Waals surface area contributed by atoms with Gasteiger partial charge in [-0.1, -0.05) is 17.8 Å². The van der Waals surface area contributed by atoms with Gasteiger partial charge in [0.25, 0.3) is 0 Å². The molecule has 0 amide bonds. The summed E-state index contributed by atoms with van der Waals surface area (Å²) in [6.45, 7) is 5.56. The maximum atomic E-state index is 11.4. The molecule has 0 aliphatic rings. The number of pyridine rings is 1. The van der Waals surface area contributed by atoms with Gasteiger partial charge >= 0.3 is 5.97 Å². The molecule has 0 fully saturated rings. The number of carbonyl (C=O) groups excluding carboxylic acids is 1. The van der Waals surface area contributed by atoms with E-state index in [-0.39, 0.29) is 11.7 Å². The Kier molecular flexibility index (Phi) is 4.80. The molecular weight excluding hydrogens is 290 g/mol. The Morgan fingerprint density at radius 2 is 2.19 bits per heavy atom. The third-order valence-electron chi connectivity index (χ3n) is 1.45. The molecule has 0 saturated carbocycles. The topological polar surface area (TPSA) is 39.2 Å². The Morgan fingerprint density at radius 1 is 1.50 bits per heavy atom. The van der Waals surface area contributed by atoms with Crippen LogP contribution >= 0.6 is 27.7 Å². The number of hydrogen-bond donors (Lipinski definition) is 0. The molecule has 0 spiro atoms. The van der Waals surface area contributed by atoms with E-state index in [4.69, 9.17) is 4.74 Å². The van der Waals surface area contributed by atoms with E-state index in [1.54, 1.807) is 0 Å². The highest BCUT2D eigenvalue weighted by Crippen LogP contribution is 2.19. The zero-order valence-electron chi connectivity index (χ0n) is 9.49. The van der Waals surface area contributed by atoms with Crippen LogP contribution in [-0.4, -0.2) is 22.3 Å². The Hall–Kier alpha value is -0.550. The number of esters is 1. The van der Waals surface area contributed by atoms with Crippen LogP contribution in [0.5, 0.6) is 0 Å². The van der Waals surface area contributed by atoms with E-state index in [9.17, 15) is 4.79 Å². The molecule has 0 atom stereocenters. The van der Waals surface area contributed by atoms with Gasteiger partial charge in [0.2, 0.25) is 0 Å². The number of hydrogen-bond acceptors (Lipinski definition) is 4. The number of halogens is 1. The summed E-state index contributed by atoms with van der Waals surface area (Å²) < 4.78 is 5.96. The van der Waals surface area contributed by atoms with E-state index in [0.29, 0.717) is 0 Å². The lowest BCUT2D eigenvalue weighted by molar-refractivity contribution is -0.151. The Balaban J connectivity index is 2.43. The second-order valence-electron chi connectivity index (χ2n) is 4.17. The highest BCUT2D eigenvalue weighted by atomic mass is 79.9. The fourth-order valence-electron chi connectivity index (χ4n) is 0.974. The first-order chi connectivity index (χ1) is 7.37. The van der Waals surface area contributed by atoms with Crippen molar-refractivity contribution in [3.63, 3.8) is 0 Å². The van der Waals surface area contributed by atoms with Gasteiger partial charge in [0.15, 0.2) is 0 Å². The third kappa shape index (κ3) is 5.51. The molecule has 1 heterocycles. The Morgan fingerprint density at radius 3 is 2.75 bits per heavy atom. The second-order valence-corrected chi connectivity index (χ2v) is 5.98. The van der Waals surface area contributed by atoms with Gasteiger partial charge in [-0.2, -0.15) is 0 Å². The van der Waals surface area contributed by atoms with Crippen molar-refractivity contribution in [2.45, 2.75) is 31.4 Å². The monoisotopic (exact) mass is 303 g/mol. The van der Waals surface area contributed by atoms with E-state index in [2.05, 4.69) is 20.9 Å². The summed E-state index contributed by atoms with van der Waals surface area (Å²) in [5.74, 6) is 0.0556. The van der Waals surface area contributed by atoms with E-state index >= 15 is 0 Å². The molecule has 1 aromatic heterocycles. The molecule has 3 nitrogen and oxygen atoms in total. The minimum absolute atomic E-state index is 0.223. The van der Waals surface area contributed by atoms with Gasteiger partial charge in [0.1, 0.15) is 10.2 Å². The van der Waals surface area contributed by atoms with Crippen LogP contribution < -0.4 is 0 Å². The summed E-state index contributed by atoms with van der Waals surface area (Å²) in [5, 5.41) is 0.806. The predicted octanol–water partition coefficient (Wildman–Crippen LogP) is 3.28. The van der Waals surface area contributed by atoms with Crippen molar-refractivity contribution in [1.29, 1.82) is 0 Å². The number of rotatable bonds is 3. The first kappa shape index (κ1) is 13.5. The van der Waals surface area contributed by atoms with Crippen molar-refractivity contribution in [3.8, 4) is 0 Å². The van der Waals surface area contributed by atoms with Gasteiger partial charge in [-0.05, 0) is 48.8 Å². The minimum Gasteiger partial charge on any atom is -0.459 e.